The Morgan fingerprint density at radius 3 is 2.39 bits per heavy atom. The maximum Gasteiger partial charge on any atom is 0.490 e. The van der Waals surface area contributed by atoms with Crippen LogP contribution in [0.4, 0.5) is 18.9 Å². The number of imidazole rings is 1. The number of pyridine rings is 2. The van der Waals surface area contributed by atoms with Crippen LogP contribution >= 0.6 is 0 Å². The fourth-order valence-electron chi connectivity index (χ4n) is 2.95. The molecule has 0 aliphatic rings. The summed E-state index contributed by atoms with van der Waals surface area (Å²) in [5, 5.41) is 9.89. The zero-order valence-electron chi connectivity index (χ0n) is 18.8. The predicted molar refractivity (Wildman–Crippen MR) is 125 cm³/mol. The molecule has 0 unspecified atom stereocenters. The number of hydrogen-bond donors (Lipinski definition) is 3. The molecule has 186 valence electrons. The van der Waals surface area contributed by atoms with Crippen LogP contribution in [0.5, 0.6) is 0 Å². The van der Waals surface area contributed by atoms with E-state index >= 15 is 0 Å². The molecule has 4 aromatic rings. The molecule has 0 saturated carbocycles. The van der Waals surface area contributed by atoms with Gasteiger partial charge < -0.3 is 20.1 Å². The number of aliphatic carboxylic acids is 1. The van der Waals surface area contributed by atoms with Crippen molar-refractivity contribution in [3.05, 3.63) is 73.3 Å². The van der Waals surface area contributed by atoms with Crippen molar-refractivity contribution < 1.29 is 32.6 Å². The molecule has 0 aliphatic heterocycles. The number of nitrogens with zero attached hydrogens (tertiary/aromatic N) is 3. The highest BCUT2D eigenvalue weighted by molar-refractivity contribution is 5.92. The normalized spacial score (nSPS) is 10.8. The number of halogens is 3. The van der Waals surface area contributed by atoms with Crippen LogP contribution in [0, 0.1) is 0 Å². The number of H-pyrrole nitrogens is 1. The third-order valence-electron chi connectivity index (χ3n) is 4.54. The third-order valence-corrected chi connectivity index (χ3v) is 4.54. The van der Waals surface area contributed by atoms with Gasteiger partial charge in [0, 0.05) is 25.1 Å². The Hall–Kier alpha value is -4.58. The van der Waals surface area contributed by atoms with Crippen molar-refractivity contribution in [3.63, 3.8) is 0 Å². The number of amides is 1. The number of carboxylic acid groups (broad SMARTS) is 1. The number of carboxylic acids is 1. The van der Waals surface area contributed by atoms with Crippen LogP contribution < -0.4 is 5.32 Å². The minimum atomic E-state index is -5.08. The summed E-state index contributed by atoms with van der Waals surface area (Å²) in [7, 11) is 1.48. The van der Waals surface area contributed by atoms with Crippen LogP contribution in [0.1, 0.15) is 0 Å². The Bertz CT molecular complexity index is 1330. The summed E-state index contributed by atoms with van der Waals surface area (Å²) in [6, 6.07) is 15.7. The number of aromatic nitrogens is 4. The number of aromatic amines is 1. The SMILES string of the molecule is COCC(=O)Nc1cncc(-c2ccnc(-c3ncc(-c4ccccc4)[nH]3)c2)c1.O=C(O)C(F)(F)F. The summed E-state index contributed by atoms with van der Waals surface area (Å²) in [5.41, 5.74) is 5.09. The van der Waals surface area contributed by atoms with E-state index < -0.39 is 12.1 Å². The number of carbonyl (C=O) groups excluding carboxylic acids is 1. The van der Waals surface area contributed by atoms with E-state index in [9.17, 15) is 18.0 Å². The van der Waals surface area contributed by atoms with E-state index in [1.807, 2.05) is 48.5 Å². The highest BCUT2D eigenvalue weighted by Gasteiger charge is 2.38. The lowest BCUT2D eigenvalue weighted by molar-refractivity contribution is -0.192. The first kappa shape index (κ1) is 26.0. The lowest BCUT2D eigenvalue weighted by Gasteiger charge is -2.07. The molecule has 1 amide bonds. The molecule has 4 rings (SSSR count). The molecule has 9 nitrogen and oxygen atoms in total. The van der Waals surface area contributed by atoms with Crippen LogP contribution in [0.2, 0.25) is 0 Å². The molecule has 0 atom stereocenters. The van der Waals surface area contributed by atoms with E-state index in [4.69, 9.17) is 14.6 Å². The Kier molecular flexibility index (Phi) is 8.47. The number of anilines is 1. The highest BCUT2D eigenvalue weighted by atomic mass is 19.4. The highest BCUT2D eigenvalue weighted by Crippen LogP contribution is 2.26. The van der Waals surface area contributed by atoms with Crippen molar-refractivity contribution in [3.8, 4) is 33.9 Å². The molecule has 0 bridgehead atoms. The molecule has 36 heavy (non-hydrogen) atoms. The van der Waals surface area contributed by atoms with E-state index in [1.165, 1.54) is 7.11 Å². The van der Waals surface area contributed by atoms with Gasteiger partial charge in [0.15, 0.2) is 5.82 Å². The average molecular weight is 499 g/mol. The minimum Gasteiger partial charge on any atom is -0.475 e. The van der Waals surface area contributed by atoms with Gasteiger partial charge >= 0.3 is 12.1 Å². The van der Waals surface area contributed by atoms with Gasteiger partial charge in [-0.3, -0.25) is 14.8 Å². The molecule has 0 spiro atoms. The van der Waals surface area contributed by atoms with Crippen LogP contribution in [0.3, 0.4) is 0 Å². The third kappa shape index (κ3) is 7.21. The van der Waals surface area contributed by atoms with Gasteiger partial charge in [-0.05, 0) is 29.3 Å². The van der Waals surface area contributed by atoms with Crippen LogP contribution in [0.15, 0.2) is 73.3 Å². The molecule has 0 aliphatic carbocycles. The lowest BCUT2D eigenvalue weighted by atomic mass is 10.1. The number of carbonyl (C=O) groups is 2. The van der Waals surface area contributed by atoms with Gasteiger partial charge in [-0.1, -0.05) is 30.3 Å². The van der Waals surface area contributed by atoms with Gasteiger partial charge in [-0.2, -0.15) is 13.2 Å². The summed E-state index contributed by atoms with van der Waals surface area (Å²) in [4.78, 5) is 37.1. The van der Waals surface area contributed by atoms with E-state index in [0.717, 1.165) is 28.1 Å². The van der Waals surface area contributed by atoms with Crippen LogP contribution in [-0.2, 0) is 14.3 Å². The minimum absolute atomic E-state index is 0.00806. The summed E-state index contributed by atoms with van der Waals surface area (Å²) in [6.45, 7) is -0.00806. The van der Waals surface area contributed by atoms with Crippen molar-refractivity contribution in [2.75, 3.05) is 19.0 Å². The number of methoxy groups -OCH3 is 1. The number of ether oxygens (including phenoxy) is 1. The van der Waals surface area contributed by atoms with Crippen molar-refractivity contribution in [1.29, 1.82) is 0 Å². The van der Waals surface area contributed by atoms with Gasteiger partial charge in [0.25, 0.3) is 0 Å². The quantitative estimate of drug-likeness (QED) is 0.358. The first-order chi connectivity index (χ1) is 17.2. The summed E-state index contributed by atoms with van der Waals surface area (Å²) in [6.07, 6.45) is 1.78. The Labute approximate surface area is 203 Å². The van der Waals surface area contributed by atoms with Gasteiger partial charge in [-0.25, -0.2) is 9.78 Å². The first-order valence-corrected chi connectivity index (χ1v) is 10.3. The number of benzene rings is 1. The van der Waals surface area contributed by atoms with Gasteiger partial charge in [0.05, 0.1) is 23.8 Å². The van der Waals surface area contributed by atoms with Crippen molar-refractivity contribution in [2.45, 2.75) is 6.18 Å². The lowest BCUT2D eigenvalue weighted by Crippen LogP contribution is -2.21. The molecule has 3 aromatic heterocycles. The Balaban J connectivity index is 0.000000454. The second kappa shape index (κ2) is 11.7. The molecular weight excluding hydrogens is 479 g/mol. The average Bonchev–Trinajstić information content (AvgIpc) is 3.35. The number of alkyl halides is 3. The molecule has 0 fully saturated rings. The van der Waals surface area contributed by atoms with Gasteiger partial charge in [-0.15, -0.1) is 0 Å². The number of hydrogen-bond acceptors (Lipinski definition) is 6. The predicted octanol–water partition coefficient (Wildman–Crippen LogP) is 4.42. The van der Waals surface area contributed by atoms with Gasteiger partial charge in [0.2, 0.25) is 5.91 Å². The maximum absolute atomic E-state index is 11.7. The maximum atomic E-state index is 11.7. The smallest absolute Gasteiger partial charge is 0.475 e. The molecular formula is C24H20F3N5O4. The standard InChI is InChI=1S/C22H19N5O2.C2HF3O2/c1-29-14-21(28)26-18-9-17(11-23-12-18)16-7-8-24-19(10-16)22-25-13-20(27-22)15-5-3-2-4-6-15;3-2(4,5)1(6)7/h2-13H,14H2,1H3,(H,25,27)(H,26,28);(H,6,7). The van der Waals surface area contributed by atoms with Crippen molar-refractivity contribution in [1.82, 2.24) is 19.9 Å². The first-order valence-electron chi connectivity index (χ1n) is 10.3. The molecule has 0 radical (unpaired) electrons. The summed E-state index contributed by atoms with van der Waals surface area (Å²) < 4.78 is 36.6. The van der Waals surface area contributed by atoms with E-state index in [1.54, 1.807) is 24.8 Å². The van der Waals surface area contributed by atoms with Crippen LogP contribution in [-0.4, -0.2) is 56.8 Å². The Morgan fingerprint density at radius 2 is 1.72 bits per heavy atom. The van der Waals surface area contributed by atoms with Gasteiger partial charge in [0.1, 0.15) is 12.3 Å². The topological polar surface area (TPSA) is 130 Å². The zero-order chi connectivity index (χ0) is 26.1. The summed E-state index contributed by atoms with van der Waals surface area (Å²) in [5.74, 6) is -2.30. The Morgan fingerprint density at radius 1 is 1.00 bits per heavy atom. The summed E-state index contributed by atoms with van der Waals surface area (Å²) >= 11 is 0. The second-order valence-corrected chi connectivity index (χ2v) is 7.19. The number of nitrogens with one attached hydrogen (secondary N) is 2. The van der Waals surface area contributed by atoms with E-state index in [0.29, 0.717) is 11.5 Å². The number of rotatable bonds is 6. The molecule has 0 saturated heterocycles. The molecule has 3 N–H and O–H groups in total. The van der Waals surface area contributed by atoms with E-state index in [2.05, 4.69) is 25.3 Å². The zero-order valence-corrected chi connectivity index (χ0v) is 18.8. The fraction of sp³-hybridized carbons (Fsp3) is 0.125. The second-order valence-electron chi connectivity index (χ2n) is 7.19. The van der Waals surface area contributed by atoms with E-state index in [-0.39, 0.29) is 12.5 Å². The van der Waals surface area contributed by atoms with Crippen molar-refractivity contribution >= 4 is 17.6 Å². The van der Waals surface area contributed by atoms with Crippen molar-refractivity contribution in [2.24, 2.45) is 0 Å². The fourth-order valence-corrected chi connectivity index (χ4v) is 2.95. The largest absolute Gasteiger partial charge is 0.490 e. The van der Waals surface area contributed by atoms with Crippen LogP contribution in [0.25, 0.3) is 33.9 Å². The monoisotopic (exact) mass is 499 g/mol. The molecule has 12 heteroatoms. The molecule has 3 heterocycles. The molecule has 1 aromatic carbocycles.